The Hall–Kier alpha value is -4.24. The molecule has 5 N–H and O–H groups in total. The molecule has 0 bridgehead atoms. The van der Waals surface area contributed by atoms with Gasteiger partial charge in [0.15, 0.2) is 28.8 Å². The van der Waals surface area contributed by atoms with E-state index in [1.807, 2.05) is 0 Å². The van der Waals surface area contributed by atoms with Gasteiger partial charge in [-0.15, -0.1) is 0 Å². The highest BCUT2D eigenvalue weighted by molar-refractivity contribution is 5.81. The Labute approximate surface area is 225 Å². The predicted octanol–water partition coefficient (Wildman–Crippen LogP) is 2.35. The number of pyridine rings is 1. The van der Waals surface area contributed by atoms with Crippen LogP contribution >= 0.6 is 0 Å². The fourth-order valence-corrected chi connectivity index (χ4v) is 4.96. The van der Waals surface area contributed by atoms with E-state index in [9.17, 15) is 18.3 Å². The second kappa shape index (κ2) is 10.4. The van der Waals surface area contributed by atoms with Crippen molar-refractivity contribution in [1.29, 1.82) is 0 Å². The normalized spacial score (nSPS) is 18.1. The number of hydrogen-bond donors (Lipinski definition) is 3. The molecule has 0 unspecified atom stereocenters. The van der Waals surface area contributed by atoms with E-state index in [0.29, 0.717) is 22.4 Å². The van der Waals surface area contributed by atoms with E-state index in [1.54, 1.807) is 9.47 Å². The molecule has 0 saturated carbocycles. The number of fused-ring (bicyclic) bond motifs is 1. The Balaban J connectivity index is 1.67. The van der Waals surface area contributed by atoms with Crippen LogP contribution in [0, 0.1) is 11.6 Å². The third-order valence-corrected chi connectivity index (χ3v) is 7.07. The fraction of sp³-hybridized carbons (Fsp3) is 0.360. The van der Waals surface area contributed by atoms with Gasteiger partial charge in [-0.2, -0.15) is 0 Å². The zero-order valence-electron chi connectivity index (χ0n) is 21.5. The Kier molecular flexibility index (Phi) is 7.10. The quantitative estimate of drug-likeness (QED) is 0.273. The summed E-state index contributed by atoms with van der Waals surface area (Å²) >= 11 is 0. The Morgan fingerprint density at radius 3 is 2.58 bits per heavy atom. The van der Waals surface area contributed by atoms with Crippen molar-refractivity contribution < 1.29 is 32.1 Å². The number of ether oxygens (including phenoxy) is 2. The average Bonchev–Trinajstić information content (AvgIpc) is 3.54. The number of methoxy groups -OCH3 is 2. The molecule has 40 heavy (non-hydrogen) atoms. The number of anilines is 2. The van der Waals surface area contributed by atoms with Gasteiger partial charge in [0, 0.05) is 30.3 Å². The Morgan fingerprint density at radius 2 is 1.88 bits per heavy atom. The van der Waals surface area contributed by atoms with E-state index < -0.39 is 29.7 Å². The van der Waals surface area contributed by atoms with Gasteiger partial charge in [0.25, 0.3) is 6.43 Å². The maximum Gasteiger partial charge on any atom is 0.265 e. The minimum Gasteiger partial charge on any atom is -0.494 e. The average molecular weight is 563 g/mol. The molecule has 1 aliphatic heterocycles. The first-order chi connectivity index (χ1) is 19.1. The lowest BCUT2D eigenvalue weighted by molar-refractivity contribution is -0.0438. The third-order valence-electron chi connectivity index (χ3n) is 7.07. The van der Waals surface area contributed by atoms with Crippen LogP contribution in [0.15, 0.2) is 31.0 Å². The van der Waals surface area contributed by atoms with E-state index in [0.717, 1.165) is 12.1 Å². The number of aliphatic hydroxyl groups is 1. The summed E-state index contributed by atoms with van der Waals surface area (Å²) in [5.74, 6) is -1.65. The summed E-state index contributed by atoms with van der Waals surface area (Å²) in [5, 5.41) is 10.1. The van der Waals surface area contributed by atoms with Gasteiger partial charge < -0.3 is 35.5 Å². The van der Waals surface area contributed by atoms with Crippen LogP contribution in [0.5, 0.6) is 11.5 Å². The van der Waals surface area contributed by atoms with Crippen LogP contribution in [0.3, 0.4) is 0 Å². The van der Waals surface area contributed by atoms with Crippen molar-refractivity contribution in [2.45, 2.75) is 31.0 Å². The molecule has 15 heteroatoms. The molecular weight excluding hydrogens is 536 g/mol. The van der Waals surface area contributed by atoms with Gasteiger partial charge in [0.2, 0.25) is 0 Å². The molecule has 4 heterocycles. The van der Waals surface area contributed by atoms with Crippen molar-refractivity contribution >= 4 is 22.7 Å². The Morgan fingerprint density at radius 1 is 1.10 bits per heavy atom. The minimum atomic E-state index is -3.03. The van der Waals surface area contributed by atoms with Gasteiger partial charge in [-0.3, -0.25) is 4.98 Å². The van der Waals surface area contributed by atoms with Gasteiger partial charge in [-0.1, -0.05) is 0 Å². The molecule has 212 valence electrons. The summed E-state index contributed by atoms with van der Waals surface area (Å²) in [6.07, 6.45) is -0.866. The zero-order valence-corrected chi connectivity index (χ0v) is 21.5. The maximum atomic E-state index is 15.1. The lowest BCUT2D eigenvalue weighted by atomic mass is 9.93. The Bertz CT molecular complexity index is 1570. The third kappa shape index (κ3) is 4.60. The van der Waals surface area contributed by atoms with E-state index in [-0.39, 0.29) is 54.6 Å². The van der Waals surface area contributed by atoms with Gasteiger partial charge in [-0.25, -0.2) is 32.5 Å². The summed E-state index contributed by atoms with van der Waals surface area (Å²) in [5.41, 5.74) is 11.9. The summed E-state index contributed by atoms with van der Waals surface area (Å²) in [6, 6.07) is 1.85. The largest absolute Gasteiger partial charge is 0.494 e. The number of benzene rings is 1. The van der Waals surface area contributed by atoms with Crippen molar-refractivity contribution in [2.75, 3.05) is 37.9 Å². The van der Waals surface area contributed by atoms with Crippen LogP contribution in [0.25, 0.3) is 22.4 Å². The molecule has 3 aromatic heterocycles. The highest BCUT2D eigenvalue weighted by Gasteiger charge is 2.45. The van der Waals surface area contributed by atoms with Crippen molar-refractivity contribution in [3.05, 3.63) is 48.2 Å². The molecule has 1 saturated heterocycles. The molecule has 0 radical (unpaired) electrons. The van der Waals surface area contributed by atoms with Crippen molar-refractivity contribution in [1.82, 2.24) is 24.5 Å². The van der Waals surface area contributed by atoms with E-state index in [2.05, 4.69) is 19.9 Å². The number of halogens is 4. The lowest BCUT2D eigenvalue weighted by Crippen LogP contribution is -2.55. The molecule has 1 fully saturated rings. The molecule has 4 aromatic rings. The first-order valence-electron chi connectivity index (χ1n) is 12.1. The summed E-state index contributed by atoms with van der Waals surface area (Å²) in [6.45, 7) is 0.122. The first-order valence-corrected chi connectivity index (χ1v) is 12.1. The minimum absolute atomic E-state index is 0.00955. The number of imidazole rings is 1. The number of nitrogens with two attached hydrogens (primary N) is 2. The van der Waals surface area contributed by atoms with Crippen molar-refractivity contribution in [3.8, 4) is 22.8 Å². The molecule has 1 aliphatic rings. The van der Waals surface area contributed by atoms with Crippen molar-refractivity contribution in [2.24, 2.45) is 5.73 Å². The molecule has 0 aliphatic carbocycles. The number of hydrogen-bond acceptors (Lipinski definition) is 10. The molecular formula is C25H26F4N8O3. The second-order valence-electron chi connectivity index (χ2n) is 9.46. The molecule has 0 spiro atoms. The summed E-state index contributed by atoms with van der Waals surface area (Å²) < 4.78 is 68.7. The fourth-order valence-electron chi connectivity index (χ4n) is 4.96. The smallest absolute Gasteiger partial charge is 0.265 e. The van der Waals surface area contributed by atoms with E-state index in [1.165, 1.54) is 33.1 Å². The standard InChI is InChI=1S/C25H26F4N8O3/c1-39-17-6-14(26)12(5-15(17)27)18-20(40-2)13(8-37-11-35-19-23(30)33-10-34-24(19)37)16(7-32-18)36-4-3-25(31,9-36)21(38)22(28)29/h5-7,10-11,21-22,38H,3-4,8-9,31H2,1-2H3,(H2,30,33,34)/t21-,25-/m1/s1. The SMILES string of the molecule is COc1cc(F)c(-c2ncc(N3CC[C@](N)([C@H](O)C(F)F)C3)c(Cn3cnc4c(N)ncnc43)c2OC)cc1F. The number of alkyl halides is 2. The van der Waals surface area contributed by atoms with Crippen LogP contribution in [-0.4, -0.2) is 75.0 Å². The molecule has 5 rings (SSSR count). The lowest BCUT2D eigenvalue weighted by Gasteiger charge is -2.31. The second-order valence-corrected chi connectivity index (χ2v) is 9.46. The van der Waals surface area contributed by atoms with Gasteiger partial charge in [-0.05, 0) is 12.5 Å². The van der Waals surface area contributed by atoms with Crippen LogP contribution in [0.2, 0.25) is 0 Å². The maximum absolute atomic E-state index is 15.1. The molecule has 0 amide bonds. The van der Waals surface area contributed by atoms with Gasteiger partial charge in [0.05, 0.1) is 44.5 Å². The van der Waals surface area contributed by atoms with E-state index >= 15 is 4.39 Å². The highest BCUT2D eigenvalue weighted by atomic mass is 19.3. The van der Waals surface area contributed by atoms with Crippen LogP contribution < -0.4 is 25.8 Å². The zero-order chi connectivity index (χ0) is 28.8. The van der Waals surface area contributed by atoms with Crippen LogP contribution in [0.4, 0.5) is 29.1 Å². The number of nitrogen functional groups attached to an aromatic ring is 1. The number of aromatic nitrogens is 5. The monoisotopic (exact) mass is 562 g/mol. The van der Waals surface area contributed by atoms with Crippen molar-refractivity contribution in [3.63, 3.8) is 0 Å². The molecule has 2 atom stereocenters. The molecule has 1 aromatic carbocycles. The number of rotatable bonds is 8. The topological polar surface area (TPSA) is 150 Å². The number of aliphatic hydroxyl groups excluding tert-OH is 1. The van der Waals surface area contributed by atoms with Crippen LogP contribution in [0.1, 0.15) is 12.0 Å². The molecule has 11 nitrogen and oxygen atoms in total. The first kappa shape index (κ1) is 27.3. The predicted molar refractivity (Wildman–Crippen MR) is 137 cm³/mol. The van der Waals surface area contributed by atoms with Crippen LogP contribution in [-0.2, 0) is 6.54 Å². The highest BCUT2D eigenvalue weighted by Crippen LogP contribution is 2.42. The van der Waals surface area contributed by atoms with E-state index in [4.69, 9.17) is 20.9 Å². The van der Waals surface area contributed by atoms with Gasteiger partial charge >= 0.3 is 0 Å². The summed E-state index contributed by atoms with van der Waals surface area (Å²) in [7, 11) is 2.56. The summed E-state index contributed by atoms with van der Waals surface area (Å²) in [4.78, 5) is 18.5. The number of nitrogens with zero attached hydrogens (tertiary/aromatic N) is 6. The van der Waals surface area contributed by atoms with Gasteiger partial charge in [0.1, 0.15) is 29.5 Å².